The number of benzene rings is 1. The van der Waals surface area contributed by atoms with Crippen molar-refractivity contribution in [2.45, 2.75) is 40.2 Å². The smallest absolute Gasteiger partial charge is 0.165 e. The molecule has 0 aliphatic heterocycles. The summed E-state index contributed by atoms with van der Waals surface area (Å²) in [5, 5.41) is 3.48. The first kappa shape index (κ1) is 15.0. The van der Waals surface area contributed by atoms with Crippen LogP contribution in [0.1, 0.15) is 45.7 Å². The van der Waals surface area contributed by atoms with Gasteiger partial charge in [0.2, 0.25) is 0 Å². The highest BCUT2D eigenvalue weighted by Gasteiger charge is 2.17. The van der Waals surface area contributed by atoms with Crippen molar-refractivity contribution in [1.29, 1.82) is 0 Å². The quantitative estimate of drug-likeness (QED) is 0.829. The maximum atomic E-state index is 13.3. The molecule has 2 nitrogen and oxygen atoms in total. The molecule has 1 atom stereocenters. The van der Waals surface area contributed by atoms with E-state index in [1.54, 1.807) is 12.1 Å². The molecule has 0 fully saturated rings. The van der Waals surface area contributed by atoms with Gasteiger partial charge in [0, 0.05) is 12.6 Å². The lowest BCUT2D eigenvalue weighted by Gasteiger charge is -2.26. The highest BCUT2D eigenvalue weighted by atomic mass is 19.1. The van der Waals surface area contributed by atoms with Crippen molar-refractivity contribution in [1.82, 2.24) is 5.32 Å². The maximum absolute atomic E-state index is 13.3. The molecule has 0 amide bonds. The minimum Gasteiger partial charge on any atom is -0.494 e. The van der Waals surface area contributed by atoms with Gasteiger partial charge in [-0.1, -0.05) is 26.8 Å². The average molecular weight is 253 g/mol. The number of rotatable bonds is 6. The first-order chi connectivity index (χ1) is 8.39. The van der Waals surface area contributed by atoms with Gasteiger partial charge in [-0.05, 0) is 36.5 Å². The second kappa shape index (κ2) is 6.19. The Labute approximate surface area is 110 Å². The molecule has 1 unspecified atom stereocenters. The molecule has 1 rings (SSSR count). The van der Waals surface area contributed by atoms with E-state index in [0.29, 0.717) is 5.75 Å². The van der Waals surface area contributed by atoms with E-state index in [0.717, 1.165) is 18.5 Å². The Morgan fingerprint density at radius 3 is 2.61 bits per heavy atom. The van der Waals surface area contributed by atoms with E-state index >= 15 is 0 Å². The Morgan fingerprint density at radius 1 is 1.39 bits per heavy atom. The van der Waals surface area contributed by atoms with Gasteiger partial charge in [-0.25, -0.2) is 4.39 Å². The summed E-state index contributed by atoms with van der Waals surface area (Å²) in [6.07, 6.45) is 1.12. The fraction of sp³-hybridized carbons (Fsp3) is 0.600. The van der Waals surface area contributed by atoms with Crippen LogP contribution < -0.4 is 10.1 Å². The summed E-state index contributed by atoms with van der Waals surface area (Å²) < 4.78 is 18.3. The zero-order valence-electron chi connectivity index (χ0n) is 12.0. The molecule has 0 aromatic heterocycles. The molecule has 3 heteroatoms. The standard InChI is InChI=1S/C15H24FNO/c1-6-15(3,4)10-17-11(2)12-7-8-13(16)14(9-12)18-5/h7-9,11,17H,6,10H2,1-5H3. The van der Waals surface area contributed by atoms with Gasteiger partial charge in [0.1, 0.15) is 0 Å². The van der Waals surface area contributed by atoms with Crippen LogP contribution in [0, 0.1) is 11.2 Å². The molecule has 102 valence electrons. The highest BCUT2D eigenvalue weighted by molar-refractivity contribution is 5.31. The van der Waals surface area contributed by atoms with Gasteiger partial charge < -0.3 is 10.1 Å². The topological polar surface area (TPSA) is 21.3 Å². The van der Waals surface area contributed by atoms with Gasteiger partial charge in [0.05, 0.1) is 7.11 Å². The summed E-state index contributed by atoms with van der Waals surface area (Å²) in [6.45, 7) is 9.67. The van der Waals surface area contributed by atoms with Crippen LogP contribution in [0.4, 0.5) is 4.39 Å². The fourth-order valence-corrected chi connectivity index (χ4v) is 1.62. The Hall–Kier alpha value is -1.09. The summed E-state index contributed by atoms with van der Waals surface area (Å²) in [7, 11) is 1.49. The molecule has 1 aromatic carbocycles. The second-order valence-corrected chi connectivity index (χ2v) is 5.51. The number of hydrogen-bond donors (Lipinski definition) is 1. The largest absolute Gasteiger partial charge is 0.494 e. The van der Waals surface area contributed by atoms with Crippen LogP contribution in [-0.4, -0.2) is 13.7 Å². The summed E-state index contributed by atoms with van der Waals surface area (Å²) in [5.41, 5.74) is 1.32. The summed E-state index contributed by atoms with van der Waals surface area (Å²) >= 11 is 0. The minimum atomic E-state index is -0.317. The van der Waals surface area contributed by atoms with E-state index < -0.39 is 0 Å². The maximum Gasteiger partial charge on any atom is 0.165 e. The van der Waals surface area contributed by atoms with Crippen molar-refractivity contribution >= 4 is 0 Å². The molecule has 0 aliphatic rings. The number of nitrogens with one attached hydrogen (secondary N) is 1. The normalized spacial score (nSPS) is 13.4. The molecule has 0 spiro atoms. The van der Waals surface area contributed by atoms with Gasteiger partial charge in [-0.2, -0.15) is 0 Å². The van der Waals surface area contributed by atoms with E-state index in [1.807, 2.05) is 0 Å². The molecule has 0 bridgehead atoms. The van der Waals surface area contributed by atoms with E-state index in [-0.39, 0.29) is 17.3 Å². The van der Waals surface area contributed by atoms with Crippen molar-refractivity contribution in [3.8, 4) is 5.75 Å². The first-order valence-electron chi connectivity index (χ1n) is 6.46. The third-order valence-corrected chi connectivity index (χ3v) is 3.52. The molecular weight excluding hydrogens is 229 g/mol. The van der Waals surface area contributed by atoms with Crippen molar-refractivity contribution in [3.05, 3.63) is 29.6 Å². The van der Waals surface area contributed by atoms with E-state index in [1.165, 1.54) is 13.2 Å². The van der Waals surface area contributed by atoms with E-state index in [2.05, 4.69) is 33.0 Å². The van der Waals surface area contributed by atoms with Crippen LogP contribution in [-0.2, 0) is 0 Å². The number of halogens is 1. The molecule has 0 saturated carbocycles. The van der Waals surface area contributed by atoms with Gasteiger partial charge in [0.15, 0.2) is 11.6 Å². The van der Waals surface area contributed by atoms with Gasteiger partial charge >= 0.3 is 0 Å². The zero-order valence-corrected chi connectivity index (χ0v) is 12.0. The lowest BCUT2D eigenvalue weighted by Crippen LogP contribution is -2.30. The van der Waals surface area contributed by atoms with Crippen molar-refractivity contribution in [3.63, 3.8) is 0 Å². The van der Waals surface area contributed by atoms with Crippen LogP contribution in [0.25, 0.3) is 0 Å². The van der Waals surface area contributed by atoms with E-state index in [4.69, 9.17) is 4.74 Å². The van der Waals surface area contributed by atoms with Crippen LogP contribution in [0.15, 0.2) is 18.2 Å². The third-order valence-electron chi connectivity index (χ3n) is 3.52. The molecule has 0 heterocycles. The van der Waals surface area contributed by atoms with Crippen molar-refractivity contribution in [2.75, 3.05) is 13.7 Å². The molecule has 18 heavy (non-hydrogen) atoms. The third kappa shape index (κ3) is 3.98. The molecule has 0 radical (unpaired) electrons. The Bertz CT molecular complexity index is 390. The summed E-state index contributed by atoms with van der Waals surface area (Å²) in [6, 6.07) is 5.20. The summed E-state index contributed by atoms with van der Waals surface area (Å²) in [4.78, 5) is 0. The monoisotopic (exact) mass is 253 g/mol. The molecular formula is C15H24FNO. The van der Waals surface area contributed by atoms with Crippen LogP contribution >= 0.6 is 0 Å². The Kier molecular flexibility index (Phi) is 5.15. The lowest BCUT2D eigenvalue weighted by molar-refractivity contribution is 0.313. The first-order valence-corrected chi connectivity index (χ1v) is 6.46. The van der Waals surface area contributed by atoms with Crippen LogP contribution in [0.3, 0.4) is 0 Å². The molecule has 0 saturated heterocycles. The minimum absolute atomic E-state index is 0.185. The van der Waals surface area contributed by atoms with Gasteiger partial charge in [0.25, 0.3) is 0 Å². The van der Waals surface area contributed by atoms with Crippen molar-refractivity contribution in [2.24, 2.45) is 5.41 Å². The number of ether oxygens (including phenoxy) is 1. The number of methoxy groups -OCH3 is 1. The average Bonchev–Trinajstić information content (AvgIpc) is 2.36. The second-order valence-electron chi connectivity index (χ2n) is 5.51. The van der Waals surface area contributed by atoms with E-state index in [9.17, 15) is 4.39 Å². The Balaban J connectivity index is 2.70. The fourth-order valence-electron chi connectivity index (χ4n) is 1.62. The van der Waals surface area contributed by atoms with Gasteiger partial charge in [-0.15, -0.1) is 0 Å². The highest BCUT2D eigenvalue weighted by Crippen LogP contribution is 2.24. The molecule has 0 aliphatic carbocycles. The van der Waals surface area contributed by atoms with Crippen LogP contribution in [0.2, 0.25) is 0 Å². The summed E-state index contributed by atoms with van der Waals surface area (Å²) in [5.74, 6) is -0.0155. The van der Waals surface area contributed by atoms with Crippen molar-refractivity contribution < 1.29 is 9.13 Å². The number of hydrogen-bond acceptors (Lipinski definition) is 2. The van der Waals surface area contributed by atoms with Gasteiger partial charge in [-0.3, -0.25) is 0 Å². The molecule has 1 N–H and O–H groups in total. The predicted octanol–water partition coefficient (Wildman–Crippen LogP) is 3.92. The Morgan fingerprint density at radius 2 is 2.06 bits per heavy atom. The SMILES string of the molecule is CCC(C)(C)CNC(C)c1ccc(F)c(OC)c1. The molecule has 1 aromatic rings. The van der Waals surface area contributed by atoms with Crippen LogP contribution in [0.5, 0.6) is 5.75 Å². The zero-order chi connectivity index (χ0) is 13.8. The predicted molar refractivity (Wildman–Crippen MR) is 73.4 cm³/mol. The lowest BCUT2D eigenvalue weighted by atomic mass is 9.90.